The molecule has 0 aliphatic carbocycles. The minimum absolute atomic E-state index is 0.316. The highest BCUT2D eigenvalue weighted by Gasteiger charge is 2.16. The van der Waals surface area contributed by atoms with Crippen LogP contribution in [0, 0.1) is 6.92 Å². The van der Waals surface area contributed by atoms with Gasteiger partial charge in [0.15, 0.2) is 0 Å². The van der Waals surface area contributed by atoms with E-state index in [4.69, 9.17) is 16.3 Å². The summed E-state index contributed by atoms with van der Waals surface area (Å²) in [5, 5.41) is 5.26. The zero-order valence-corrected chi connectivity index (χ0v) is 19.9. The molecule has 0 saturated carbocycles. The van der Waals surface area contributed by atoms with Crippen LogP contribution in [0.25, 0.3) is 10.1 Å². The number of hydrogen-bond donors (Lipinski definition) is 1. The number of nitrogens with zero attached hydrogens (tertiary/aromatic N) is 1. The van der Waals surface area contributed by atoms with Gasteiger partial charge in [-0.2, -0.15) is 5.10 Å². The number of rotatable bonds is 5. The fourth-order valence-electron chi connectivity index (χ4n) is 2.93. The number of ether oxygens (including phenoxy) is 1. The molecule has 0 saturated heterocycles. The van der Waals surface area contributed by atoms with Gasteiger partial charge in [-0.1, -0.05) is 63.4 Å². The van der Waals surface area contributed by atoms with Crippen LogP contribution < -0.4 is 10.2 Å². The van der Waals surface area contributed by atoms with Crippen LogP contribution in [0.1, 0.15) is 31.2 Å². The molecule has 1 amide bonds. The molecule has 0 fully saturated rings. The Hall–Kier alpha value is -3.00. The van der Waals surface area contributed by atoms with Crippen molar-refractivity contribution in [3.63, 3.8) is 0 Å². The van der Waals surface area contributed by atoms with Crippen LogP contribution in [-0.4, -0.2) is 18.1 Å². The van der Waals surface area contributed by atoms with Gasteiger partial charge >= 0.3 is 5.97 Å². The summed E-state index contributed by atoms with van der Waals surface area (Å²) in [7, 11) is 0. The lowest BCUT2D eigenvalue weighted by atomic mass is 10.1. The standard InChI is InChI=1S/C24H16BrClN2O3S/c1-14-6-8-15(9-7-14)24(30)31-19-11-10-17(25)12-16(19)13-27-28-23(29)22-21(26)18-4-2-3-5-20(18)32-22/h2-13H,1H3,(H,28,29)/b27-13-. The van der Waals surface area contributed by atoms with Crippen molar-refractivity contribution in [1.29, 1.82) is 0 Å². The Morgan fingerprint density at radius 2 is 1.84 bits per heavy atom. The highest BCUT2D eigenvalue weighted by molar-refractivity contribution is 9.10. The Morgan fingerprint density at radius 1 is 1.09 bits per heavy atom. The summed E-state index contributed by atoms with van der Waals surface area (Å²) in [6.07, 6.45) is 1.42. The van der Waals surface area contributed by atoms with Crippen molar-refractivity contribution in [1.82, 2.24) is 5.43 Å². The van der Waals surface area contributed by atoms with E-state index in [0.717, 1.165) is 20.1 Å². The molecule has 0 aliphatic rings. The number of benzene rings is 3. The number of fused-ring (bicyclic) bond motifs is 1. The molecule has 0 atom stereocenters. The van der Waals surface area contributed by atoms with E-state index < -0.39 is 11.9 Å². The summed E-state index contributed by atoms with van der Waals surface area (Å²) < 4.78 is 7.24. The first kappa shape index (κ1) is 22.2. The molecule has 32 heavy (non-hydrogen) atoms. The van der Waals surface area contributed by atoms with E-state index in [9.17, 15) is 9.59 Å². The highest BCUT2D eigenvalue weighted by atomic mass is 79.9. The number of carbonyl (C=O) groups excluding carboxylic acids is 2. The molecule has 0 bridgehead atoms. The lowest BCUT2D eigenvalue weighted by Crippen LogP contribution is -2.17. The molecule has 1 N–H and O–H groups in total. The molecule has 8 heteroatoms. The van der Waals surface area contributed by atoms with Gasteiger partial charge in [0, 0.05) is 20.1 Å². The quantitative estimate of drug-likeness (QED) is 0.137. The summed E-state index contributed by atoms with van der Waals surface area (Å²) in [6, 6.07) is 19.8. The highest BCUT2D eigenvalue weighted by Crippen LogP contribution is 2.35. The number of hydrogen-bond acceptors (Lipinski definition) is 5. The zero-order chi connectivity index (χ0) is 22.7. The van der Waals surface area contributed by atoms with Gasteiger partial charge in [-0.25, -0.2) is 10.2 Å². The van der Waals surface area contributed by atoms with Gasteiger partial charge in [0.25, 0.3) is 5.91 Å². The Kier molecular flexibility index (Phi) is 6.69. The lowest BCUT2D eigenvalue weighted by molar-refractivity contribution is 0.0734. The van der Waals surface area contributed by atoms with Gasteiger partial charge in [-0.15, -0.1) is 11.3 Å². The first-order chi connectivity index (χ1) is 15.4. The second-order valence-electron chi connectivity index (χ2n) is 6.88. The third-order valence-corrected chi connectivity index (χ3v) is 6.74. The Morgan fingerprint density at radius 3 is 2.59 bits per heavy atom. The van der Waals surface area contributed by atoms with Crippen molar-refractivity contribution in [2.24, 2.45) is 5.10 Å². The van der Waals surface area contributed by atoms with E-state index in [-0.39, 0.29) is 0 Å². The predicted molar refractivity (Wildman–Crippen MR) is 132 cm³/mol. The molecule has 0 aliphatic heterocycles. The number of nitrogens with one attached hydrogen (secondary N) is 1. The summed E-state index contributed by atoms with van der Waals surface area (Å²) in [4.78, 5) is 25.4. The van der Waals surface area contributed by atoms with Crippen molar-refractivity contribution >= 4 is 67.0 Å². The predicted octanol–water partition coefficient (Wildman–Crippen LogP) is 6.61. The van der Waals surface area contributed by atoms with Crippen LogP contribution in [0.5, 0.6) is 5.75 Å². The molecule has 1 aromatic heterocycles. The number of carbonyl (C=O) groups is 2. The molecule has 3 aromatic carbocycles. The van der Waals surface area contributed by atoms with Gasteiger partial charge in [-0.3, -0.25) is 4.79 Å². The third-order valence-electron chi connectivity index (χ3n) is 4.57. The molecule has 0 unspecified atom stereocenters. The Labute approximate surface area is 201 Å². The van der Waals surface area contributed by atoms with E-state index in [1.54, 1.807) is 30.3 Å². The van der Waals surface area contributed by atoms with Crippen LogP contribution in [0.15, 0.2) is 76.3 Å². The molecule has 0 spiro atoms. The lowest BCUT2D eigenvalue weighted by Gasteiger charge is -2.08. The molecule has 4 aromatic rings. The number of thiophene rings is 1. The van der Waals surface area contributed by atoms with Gasteiger partial charge in [0.2, 0.25) is 0 Å². The number of esters is 1. The minimum atomic E-state index is -0.483. The van der Waals surface area contributed by atoms with E-state index >= 15 is 0 Å². The molecular weight excluding hydrogens is 512 g/mol. The van der Waals surface area contributed by atoms with Crippen molar-refractivity contribution < 1.29 is 14.3 Å². The van der Waals surface area contributed by atoms with Crippen molar-refractivity contribution in [3.05, 3.63) is 97.8 Å². The molecule has 160 valence electrons. The van der Waals surface area contributed by atoms with Crippen molar-refractivity contribution in [2.45, 2.75) is 6.92 Å². The van der Waals surface area contributed by atoms with Crippen molar-refractivity contribution in [2.75, 3.05) is 0 Å². The molecule has 1 heterocycles. The Balaban J connectivity index is 1.51. The van der Waals surface area contributed by atoms with Crippen LogP contribution in [0.4, 0.5) is 0 Å². The maximum Gasteiger partial charge on any atom is 0.343 e. The van der Waals surface area contributed by atoms with Crippen LogP contribution >= 0.6 is 38.9 Å². The van der Waals surface area contributed by atoms with E-state index in [1.807, 2.05) is 43.3 Å². The first-order valence-corrected chi connectivity index (χ1v) is 11.5. The van der Waals surface area contributed by atoms with Gasteiger partial charge in [0.05, 0.1) is 16.8 Å². The fourth-order valence-corrected chi connectivity index (χ4v) is 4.72. The monoisotopic (exact) mass is 526 g/mol. The second-order valence-corrected chi connectivity index (χ2v) is 9.22. The van der Waals surface area contributed by atoms with E-state index in [2.05, 4.69) is 26.5 Å². The van der Waals surface area contributed by atoms with Crippen LogP contribution in [0.2, 0.25) is 5.02 Å². The zero-order valence-electron chi connectivity index (χ0n) is 16.8. The van der Waals surface area contributed by atoms with Crippen LogP contribution in [0.3, 0.4) is 0 Å². The topological polar surface area (TPSA) is 67.8 Å². The van der Waals surface area contributed by atoms with Crippen LogP contribution in [-0.2, 0) is 0 Å². The maximum atomic E-state index is 12.6. The molecule has 0 radical (unpaired) electrons. The molecular formula is C24H16BrClN2O3S. The average molecular weight is 528 g/mol. The maximum absolute atomic E-state index is 12.6. The van der Waals surface area contributed by atoms with E-state index in [1.165, 1.54) is 17.6 Å². The van der Waals surface area contributed by atoms with Crippen molar-refractivity contribution in [3.8, 4) is 5.75 Å². The second kappa shape index (κ2) is 9.65. The minimum Gasteiger partial charge on any atom is -0.422 e. The summed E-state index contributed by atoms with van der Waals surface area (Å²) in [5.74, 6) is -0.583. The Bertz CT molecular complexity index is 1350. The summed E-state index contributed by atoms with van der Waals surface area (Å²) in [6.45, 7) is 1.94. The normalized spacial score (nSPS) is 11.1. The van der Waals surface area contributed by atoms with Gasteiger partial charge in [0.1, 0.15) is 10.6 Å². The number of hydrazone groups is 1. The smallest absolute Gasteiger partial charge is 0.343 e. The van der Waals surface area contributed by atoms with Gasteiger partial charge in [-0.05, 0) is 43.3 Å². The third kappa shape index (κ3) is 4.91. The SMILES string of the molecule is Cc1ccc(C(=O)Oc2ccc(Br)cc2/C=N\NC(=O)c2sc3ccccc3c2Cl)cc1. The number of amides is 1. The first-order valence-electron chi connectivity index (χ1n) is 9.51. The summed E-state index contributed by atoms with van der Waals surface area (Å²) >= 11 is 11.0. The number of halogens is 2. The fraction of sp³-hybridized carbons (Fsp3) is 0.0417. The molecule has 5 nitrogen and oxygen atoms in total. The van der Waals surface area contributed by atoms with E-state index in [0.29, 0.717) is 26.8 Å². The van der Waals surface area contributed by atoms with Gasteiger partial charge < -0.3 is 4.74 Å². The number of aryl methyl sites for hydroxylation is 1. The molecule has 4 rings (SSSR count). The summed E-state index contributed by atoms with van der Waals surface area (Å²) in [5.41, 5.74) is 4.49. The average Bonchev–Trinajstić information content (AvgIpc) is 3.12. The largest absolute Gasteiger partial charge is 0.422 e.